The Morgan fingerprint density at radius 1 is 1.33 bits per heavy atom. The van der Waals surface area contributed by atoms with Crippen molar-refractivity contribution >= 4 is 5.78 Å². The summed E-state index contributed by atoms with van der Waals surface area (Å²) in [4.78, 5) is 11.8. The minimum Gasteiger partial charge on any atom is -0.295 e. The maximum atomic E-state index is 11.8. The molecule has 0 radical (unpaired) electrons. The lowest BCUT2D eigenvalue weighted by Gasteiger charge is -2.15. The van der Waals surface area contributed by atoms with Crippen LogP contribution in [0.25, 0.3) is 0 Å². The number of ketones is 1. The molecule has 0 saturated carbocycles. The molecule has 0 saturated heterocycles. The summed E-state index contributed by atoms with van der Waals surface area (Å²) in [5.41, 5.74) is 3.87. The van der Waals surface area contributed by atoms with Gasteiger partial charge in [-0.15, -0.1) is 0 Å². The van der Waals surface area contributed by atoms with Crippen LogP contribution < -0.4 is 0 Å². The monoisotopic (exact) mass is 204 g/mol. The van der Waals surface area contributed by atoms with E-state index in [0.29, 0.717) is 17.6 Å². The van der Waals surface area contributed by atoms with Crippen molar-refractivity contribution in [2.45, 2.75) is 46.0 Å². The van der Waals surface area contributed by atoms with Gasteiger partial charge in [0, 0.05) is 6.42 Å². The molecule has 0 aliphatic heterocycles. The molecule has 0 amide bonds. The quantitative estimate of drug-likeness (QED) is 0.596. The Hall–Kier alpha value is -0.850. The molecule has 82 valence electrons. The SMILES string of the molecule is C=C(C)[C@@H]1CC[C@H](C)C2=C(C1)C(=O)CC2. The first-order chi connectivity index (χ1) is 7.09. The molecule has 2 aliphatic carbocycles. The fourth-order valence-corrected chi connectivity index (χ4v) is 2.91. The summed E-state index contributed by atoms with van der Waals surface area (Å²) in [5.74, 6) is 1.57. The number of Topliss-reactive ketones (excluding diaryl/α,β-unsaturated/α-hetero) is 1. The molecule has 2 aliphatic rings. The van der Waals surface area contributed by atoms with Gasteiger partial charge in [0.15, 0.2) is 5.78 Å². The van der Waals surface area contributed by atoms with Gasteiger partial charge in [0.25, 0.3) is 0 Å². The van der Waals surface area contributed by atoms with Crippen LogP contribution in [0.2, 0.25) is 0 Å². The van der Waals surface area contributed by atoms with Crippen LogP contribution in [0, 0.1) is 11.8 Å². The van der Waals surface area contributed by atoms with Crippen molar-refractivity contribution < 1.29 is 4.79 Å². The van der Waals surface area contributed by atoms with Crippen molar-refractivity contribution in [3.63, 3.8) is 0 Å². The number of hydrogen-bond donors (Lipinski definition) is 0. The highest BCUT2D eigenvalue weighted by molar-refractivity contribution is 5.98. The van der Waals surface area contributed by atoms with E-state index in [1.807, 2.05) is 0 Å². The second-order valence-electron chi connectivity index (χ2n) is 5.15. The van der Waals surface area contributed by atoms with Gasteiger partial charge in [0.1, 0.15) is 0 Å². The minimum absolute atomic E-state index is 0.407. The Bertz CT molecular complexity index is 335. The van der Waals surface area contributed by atoms with Crippen LogP contribution in [0.15, 0.2) is 23.3 Å². The van der Waals surface area contributed by atoms with Gasteiger partial charge in [-0.25, -0.2) is 0 Å². The lowest BCUT2D eigenvalue weighted by Crippen LogP contribution is -2.05. The molecular weight excluding hydrogens is 184 g/mol. The van der Waals surface area contributed by atoms with Crippen LogP contribution in [0.4, 0.5) is 0 Å². The smallest absolute Gasteiger partial charge is 0.159 e. The normalized spacial score (nSPS) is 31.5. The van der Waals surface area contributed by atoms with Gasteiger partial charge < -0.3 is 0 Å². The van der Waals surface area contributed by atoms with Gasteiger partial charge in [-0.05, 0) is 50.0 Å². The van der Waals surface area contributed by atoms with Crippen molar-refractivity contribution in [2.75, 3.05) is 0 Å². The zero-order valence-corrected chi connectivity index (χ0v) is 9.81. The largest absolute Gasteiger partial charge is 0.295 e. The molecular formula is C14H20O. The molecule has 0 bridgehead atoms. The zero-order valence-electron chi connectivity index (χ0n) is 9.81. The molecule has 1 heteroatoms. The van der Waals surface area contributed by atoms with Crippen molar-refractivity contribution in [3.05, 3.63) is 23.3 Å². The van der Waals surface area contributed by atoms with Crippen molar-refractivity contribution in [1.29, 1.82) is 0 Å². The Kier molecular flexibility index (Phi) is 2.81. The second-order valence-corrected chi connectivity index (χ2v) is 5.15. The molecule has 0 fully saturated rings. The average Bonchev–Trinajstić information content (AvgIpc) is 2.43. The van der Waals surface area contributed by atoms with E-state index in [1.165, 1.54) is 24.0 Å². The van der Waals surface area contributed by atoms with E-state index in [9.17, 15) is 4.79 Å². The van der Waals surface area contributed by atoms with E-state index in [1.54, 1.807) is 0 Å². The molecule has 0 spiro atoms. The van der Waals surface area contributed by atoms with E-state index in [4.69, 9.17) is 0 Å². The van der Waals surface area contributed by atoms with E-state index >= 15 is 0 Å². The number of allylic oxidation sites excluding steroid dienone is 3. The lowest BCUT2D eigenvalue weighted by atomic mass is 9.90. The first-order valence-electron chi connectivity index (χ1n) is 6.00. The van der Waals surface area contributed by atoms with Crippen molar-refractivity contribution in [3.8, 4) is 0 Å². The third-order valence-corrected chi connectivity index (χ3v) is 4.04. The van der Waals surface area contributed by atoms with E-state index < -0.39 is 0 Å². The standard InChI is InChI=1S/C14H20O/c1-9(2)11-5-4-10(3)12-6-7-14(15)13(12)8-11/h10-11H,1,4-8H2,2-3H3/t10-,11+/m0/s1. The first-order valence-corrected chi connectivity index (χ1v) is 6.00. The Morgan fingerprint density at radius 2 is 2.07 bits per heavy atom. The fourth-order valence-electron chi connectivity index (χ4n) is 2.91. The number of hydrogen-bond acceptors (Lipinski definition) is 1. The third kappa shape index (κ3) is 1.92. The molecule has 0 aromatic rings. The summed E-state index contributed by atoms with van der Waals surface area (Å²) < 4.78 is 0. The van der Waals surface area contributed by atoms with Gasteiger partial charge in [-0.1, -0.05) is 24.6 Å². The van der Waals surface area contributed by atoms with E-state index in [0.717, 1.165) is 24.8 Å². The molecule has 1 nitrogen and oxygen atoms in total. The van der Waals surface area contributed by atoms with Crippen LogP contribution in [0.3, 0.4) is 0 Å². The Labute approximate surface area is 92.3 Å². The van der Waals surface area contributed by atoms with Crippen molar-refractivity contribution in [1.82, 2.24) is 0 Å². The van der Waals surface area contributed by atoms with Crippen LogP contribution in [0.1, 0.15) is 46.0 Å². The van der Waals surface area contributed by atoms with Gasteiger partial charge in [-0.3, -0.25) is 4.79 Å². The Balaban J connectivity index is 2.27. The minimum atomic E-state index is 0.407. The highest BCUT2D eigenvalue weighted by atomic mass is 16.1. The van der Waals surface area contributed by atoms with Gasteiger partial charge in [-0.2, -0.15) is 0 Å². The number of carbonyl (C=O) groups excluding carboxylic acids is 1. The summed E-state index contributed by atoms with van der Waals surface area (Å²) in [5, 5.41) is 0. The van der Waals surface area contributed by atoms with Gasteiger partial charge in [0.2, 0.25) is 0 Å². The maximum Gasteiger partial charge on any atom is 0.159 e. The third-order valence-electron chi connectivity index (χ3n) is 4.04. The molecule has 15 heavy (non-hydrogen) atoms. The summed E-state index contributed by atoms with van der Waals surface area (Å²) in [6.45, 7) is 8.42. The average molecular weight is 204 g/mol. The van der Waals surface area contributed by atoms with Crippen LogP contribution >= 0.6 is 0 Å². The molecule has 0 unspecified atom stereocenters. The predicted molar refractivity (Wildman–Crippen MR) is 62.6 cm³/mol. The summed E-state index contributed by atoms with van der Waals surface area (Å²) in [6.07, 6.45) is 5.18. The topological polar surface area (TPSA) is 17.1 Å². The molecule has 0 N–H and O–H groups in total. The first kappa shape index (κ1) is 10.7. The van der Waals surface area contributed by atoms with Crippen LogP contribution in [0.5, 0.6) is 0 Å². The molecule has 0 aromatic carbocycles. The summed E-state index contributed by atoms with van der Waals surface area (Å²) in [6, 6.07) is 0. The van der Waals surface area contributed by atoms with Crippen molar-refractivity contribution in [2.24, 2.45) is 11.8 Å². The van der Waals surface area contributed by atoms with E-state index in [2.05, 4.69) is 20.4 Å². The molecule has 2 atom stereocenters. The second kappa shape index (κ2) is 3.96. The van der Waals surface area contributed by atoms with Crippen LogP contribution in [-0.2, 0) is 4.79 Å². The van der Waals surface area contributed by atoms with E-state index in [-0.39, 0.29) is 0 Å². The highest BCUT2D eigenvalue weighted by Crippen LogP contribution is 2.40. The lowest BCUT2D eigenvalue weighted by molar-refractivity contribution is -0.115. The van der Waals surface area contributed by atoms with Crippen LogP contribution in [-0.4, -0.2) is 5.78 Å². The number of carbonyl (C=O) groups is 1. The Morgan fingerprint density at radius 3 is 2.73 bits per heavy atom. The highest BCUT2D eigenvalue weighted by Gasteiger charge is 2.31. The van der Waals surface area contributed by atoms with Gasteiger partial charge >= 0.3 is 0 Å². The maximum absolute atomic E-state index is 11.8. The summed E-state index contributed by atoms with van der Waals surface area (Å²) >= 11 is 0. The predicted octanol–water partition coefficient (Wildman–Crippen LogP) is 3.66. The zero-order chi connectivity index (χ0) is 11.0. The number of rotatable bonds is 1. The fraction of sp³-hybridized carbons (Fsp3) is 0.643. The summed E-state index contributed by atoms with van der Waals surface area (Å²) in [7, 11) is 0. The molecule has 0 heterocycles. The molecule has 0 aromatic heterocycles. The molecule has 2 rings (SSSR count). The van der Waals surface area contributed by atoms with Gasteiger partial charge in [0.05, 0.1) is 0 Å².